The molecule has 0 bridgehead atoms. The number of amides is 1. The van der Waals surface area contributed by atoms with Gasteiger partial charge in [-0.25, -0.2) is 0 Å². The van der Waals surface area contributed by atoms with Gasteiger partial charge in [0.25, 0.3) is 0 Å². The standard InChI is InChI=1S/C17H29N3O/c1-4-5-6-14-7-9-15(10-8-14)17(21)18-11-16-12(2)19-20-13(16)3/h14-15H,4-11H2,1-3H3,(H,18,21)(H,19,20). The second-order valence-electron chi connectivity index (χ2n) is 6.49. The van der Waals surface area contributed by atoms with E-state index in [1.807, 2.05) is 13.8 Å². The molecule has 1 aliphatic rings. The lowest BCUT2D eigenvalue weighted by Gasteiger charge is -2.27. The van der Waals surface area contributed by atoms with Crippen molar-refractivity contribution in [1.29, 1.82) is 0 Å². The van der Waals surface area contributed by atoms with E-state index in [0.717, 1.165) is 35.7 Å². The maximum absolute atomic E-state index is 12.3. The van der Waals surface area contributed by atoms with Gasteiger partial charge < -0.3 is 5.32 Å². The molecule has 118 valence electrons. The predicted molar refractivity (Wildman–Crippen MR) is 84.9 cm³/mol. The van der Waals surface area contributed by atoms with Crippen molar-refractivity contribution >= 4 is 5.91 Å². The molecule has 0 saturated heterocycles. The van der Waals surface area contributed by atoms with Gasteiger partial charge in [-0.2, -0.15) is 5.10 Å². The average Bonchev–Trinajstić information content (AvgIpc) is 2.82. The zero-order valence-corrected chi connectivity index (χ0v) is 13.7. The average molecular weight is 291 g/mol. The van der Waals surface area contributed by atoms with Crippen LogP contribution in [0.2, 0.25) is 0 Å². The van der Waals surface area contributed by atoms with E-state index in [1.54, 1.807) is 0 Å². The third-order valence-electron chi connectivity index (χ3n) is 4.90. The highest BCUT2D eigenvalue weighted by molar-refractivity contribution is 5.78. The fourth-order valence-corrected chi connectivity index (χ4v) is 3.36. The molecule has 1 aromatic heterocycles. The van der Waals surface area contributed by atoms with Gasteiger partial charge in [0.05, 0.1) is 5.69 Å². The molecule has 1 heterocycles. The van der Waals surface area contributed by atoms with Crippen LogP contribution in [0.15, 0.2) is 0 Å². The van der Waals surface area contributed by atoms with Crippen LogP contribution in [0.5, 0.6) is 0 Å². The number of aromatic nitrogens is 2. The second kappa shape index (κ2) is 7.62. The summed E-state index contributed by atoms with van der Waals surface area (Å²) in [7, 11) is 0. The van der Waals surface area contributed by atoms with Crippen molar-refractivity contribution in [3.8, 4) is 0 Å². The second-order valence-corrected chi connectivity index (χ2v) is 6.49. The van der Waals surface area contributed by atoms with Crippen molar-refractivity contribution in [3.05, 3.63) is 17.0 Å². The molecular weight excluding hydrogens is 262 g/mol. The Kier molecular flexibility index (Phi) is 5.83. The van der Waals surface area contributed by atoms with Gasteiger partial charge in [-0.05, 0) is 45.4 Å². The molecule has 1 aromatic rings. The van der Waals surface area contributed by atoms with Crippen molar-refractivity contribution < 1.29 is 4.79 Å². The fraction of sp³-hybridized carbons (Fsp3) is 0.765. The number of H-pyrrole nitrogens is 1. The fourth-order valence-electron chi connectivity index (χ4n) is 3.36. The van der Waals surface area contributed by atoms with Crippen LogP contribution in [-0.4, -0.2) is 16.1 Å². The monoisotopic (exact) mass is 291 g/mol. The molecule has 2 rings (SSSR count). The lowest BCUT2D eigenvalue weighted by Crippen LogP contribution is -2.33. The number of nitrogens with zero attached hydrogens (tertiary/aromatic N) is 1. The van der Waals surface area contributed by atoms with Crippen molar-refractivity contribution in [1.82, 2.24) is 15.5 Å². The molecule has 1 amide bonds. The molecule has 4 heteroatoms. The Hall–Kier alpha value is -1.32. The number of rotatable bonds is 6. The Labute approximate surface area is 128 Å². The first kappa shape index (κ1) is 16.1. The highest BCUT2D eigenvalue weighted by Gasteiger charge is 2.25. The Balaban J connectivity index is 1.75. The van der Waals surface area contributed by atoms with E-state index in [2.05, 4.69) is 22.4 Å². The van der Waals surface area contributed by atoms with Crippen LogP contribution >= 0.6 is 0 Å². The van der Waals surface area contributed by atoms with E-state index in [0.29, 0.717) is 6.54 Å². The Morgan fingerprint density at radius 1 is 1.29 bits per heavy atom. The summed E-state index contributed by atoms with van der Waals surface area (Å²) in [5.41, 5.74) is 3.16. The van der Waals surface area contributed by atoms with Gasteiger partial charge in [0.1, 0.15) is 0 Å². The molecule has 0 spiro atoms. The number of aromatic amines is 1. The summed E-state index contributed by atoms with van der Waals surface area (Å²) in [6.45, 7) is 6.83. The summed E-state index contributed by atoms with van der Waals surface area (Å²) in [4.78, 5) is 12.3. The number of hydrogen-bond acceptors (Lipinski definition) is 2. The summed E-state index contributed by atoms with van der Waals surface area (Å²) in [5.74, 6) is 1.30. The molecule has 0 radical (unpaired) electrons. The highest BCUT2D eigenvalue weighted by Crippen LogP contribution is 2.32. The van der Waals surface area contributed by atoms with E-state index in [4.69, 9.17) is 0 Å². The predicted octanol–water partition coefficient (Wildman–Crippen LogP) is 3.64. The van der Waals surface area contributed by atoms with Crippen LogP contribution in [-0.2, 0) is 11.3 Å². The summed E-state index contributed by atoms with van der Waals surface area (Å²) in [5, 5.41) is 10.2. The number of carbonyl (C=O) groups is 1. The van der Waals surface area contributed by atoms with Crippen molar-refractivity contribution in [3.63, 3.8) is 0 Å². The minimum Gasteiger partial charge on any atom is -0.352 e. The van der Waals surface area contributed by atoms with Crippen molar-refractivity contribution in [2.45, 2.75) is 72.3 Å². The highest BCUT2D eigenvalue weighted by atomic mass is 16.1. The van der Waals surface area contributed by atoms with Crippen LogP contribution in [0.3, 0.4) is 0 Å². The van der Waals surface area contributed by atoms with Gasteiger partial charge >= 0.3 is 0 Å². The van der Waals surface area contributed by atoms with Crippen molar-refractivity contribution in [2.24, 2.45) is 11.8 Å². The molecule has 2 N–H and O–H groups in total. The molecule has 1 aliphatic carbocycles. The summed E-state index contributed by atoms with van der Waals surface area (Å²) < 4.78 is 0. The summed E-state index contributed by atoms with van der Waals surface area (Å²) >= 11 is 0. The maximum Gasteiger partial charge on any atom is 0.223 e. The van der Waals surface area contributed by atoms with Crippen LogP contribution in [0.4, 0.5) is 0 Å². The van der Waals surface area contributed by atoms with E-state index in [9.17, 15) is 4.79 Å². The summed E-state index contributed by atoms with van der Waals surface area (Å²) in [6.07, 6.45) is 8.53. The van der Waals surface area contributed by atoms with Gasteiger partial charge in [0.2, 0.25) is 5.91 Å². The first-order chi connectivity index (χ1) is 10.1. The molecule has 0 aliphatic heterocycles. The topological polar surface area (TPSA) is 57.8 Å². The lowest BCUT2D eigenvalue weighted by molar-refractivity contribution is -0.126. The Bertz CT molecular complexity index is 439. The maximum atomic E-state index is 12.3. The van der Waals surface area contributed by atoms with Gasteiger partial charge in [-0.15, -0.1) is 0 Å². The number of hydrogen-bond donors (Lipinski definition) is 2. The van der Waals surface area contributed by atoms with Crippen LogP contribution in [0.1, 0.15) is 68.8 Å². The lowest BCUT2D eigenvalue weighted by atomic mass is 9.79. The molecule has 1 saturated carbocycles. The number of carbonyl (C=O) groups excluding carboxylic acids is 1. The number of aryl methyl sites for hydroxylation is 2. The number of unbranched alkanes of at least 4 members (excludes halogenated alkanes) is 1. The minimum absolute atomic E-state index is 0.218. The van der Waals surface area contributed by atoms with Crippen LogP contribution in [0.25, 0.3) is 0 Å². The first-order valence-corrected chi connectivity index (χ1v) is 8.40. The zero-order chi connectivity index (χ0) is 15.2. The molecule has 1 fully saturated rings. The minimum atomic E-state index is 0.218. The van der Waals surface area contributed by atoms with E-state index >= 15 is 0 Å². The smallest absolute Gasteiger partial charge is 0.223 e. The normalized spacial score (nSPS) is 22.2. The van der Waals surface area contributed by atoms with E-state index < -0.39 is 0 Å². The largest absolute Gasteiger partial charge is 0.352 e. The third-order valence-corrected chi connectivity index (χ3v) is 4.90. The van der Waals surface area contributed by atoms with Crippen LogP contribution < -0.4 is 5.32 Å². The molecule has 21 heavy (non-hydrogen) atoms. The van der Waals surface area contributed by atoms with Crippen molar-refractivity contribution in [2.75, 3.05) is 0 Å². The SMILES string of the molecule is CCCCC1CCC(C(=O)NCc2c(C)n[nH]c2C)CC1. The zero-order valence-electron chi connectivity index (χ0n) is 13.7. The quantitative estimate of drug-likeness (QED) is 0.840. The van der Waals surface area contributed by atoms with Gasteiger partial charge in [0, 0.05) is 23.7 Å². The molecule has 4 nitrogen and oxygen atoms in total. The Morgan fingerprint density at radius 3 is 2.57 bits per heavy atom. The Morgan fingerprint density at radius 2 is 2.00 bits per heavy atom. The number of nitrogens with one attached hydrogen (secondary N) is 2. The molecule has 0 unspecified atom stereocenters. The van der Waals surface area contributed by atoms with Crippen LogP contribution in [0, 0.1) is 25.7 Å². The molecule has 0 atom stereocenters. The third kappa shape index (κ3) is 4.32. The van der Waals surface area contributed by atoms with Gasteiger partial charge in [-0.3, -0.25) is 9.89 Å². The van der Waals surface area contributed by atoms with E-state index in [1.165, 1.54) is 32.1 Å². The van der Waals surface area contributed by atoms with Gasteiger partial charge in [0.15, 0.2) is 0 Å². The van der Waals surface area contributed by atoms with Gasteiger partial charge in [-0.1, -0.05) is 26.2 Å². The van der Waals surface area contributed by atoms with E-state index in [-0.39, 0.29) is 11.8 Å². The molecular formula is C17H29N3O. The molecule has 0 aromatic carbocycles. The summed E-state index contributed by atoms with van der Waals surface area (Å²) in [6, 6.07) is 0. The first-order valence-electron chi connectivity index (χ1n) is 8.40.